The number of aliphatic hydroxyl groups is 1. The fourth-order valence-electron chi connectivity index (χ4n) is 3.57. The first-order valence-electron chi connectivity index (χ1n) is 8.43. The maximum absolute atomic E-state index is 12.0. The van der Waals surface area contributed by atoms with Gasteiger partial charge in [0.25, 0.3) is 0 Å². The van der Waals surface area contributed by atoms with Crippen LogP contribution in [0.1, 0.15) is 57.8 Å². The molecule has 4 nitrogen and oxygen atoms in total. The highest BCUT2D eigenvalue weighted by Gasteiger charge is 2.22. The molecule has 2 fully saturated rings. The van der Waals surface area contributed by atoms with Gasteiger partial charge in [-0.25, -0.2) is 4.79 Å². The van der Waals surface area contributed by atoms with Gasteiger partial charge in [-0.3, -0.25) is 0 Å². The minimum absolute atomic E-state index is 0.0618. The van der Waals surface area contributed by atoms with Gasteiger partial charge in [-0.2, -0.15) is 0 Å². The molecule has 0 bridgehead atoms. The molecular formula is C16H30N2O2. The SMILES string of the molecule is O=C(NCCCC1CCCCC1)N1CCCC(CO)C1. The third-order valence-corrected chi connectivity index (χ3v) is 4.85. The monoisotopic (exact) mass is 282 g/mol. The molecule has 0 aromatic rings. The van der Waals surface area contributed by atoms with Crippen LogP contribution in [-0.4, -0.2) is 42.3 Å². The van der Waals surface area contributed by atoms with Crippen LogP contribution in [0.4, 0.5) is 4.79 Å². The van der Waals surface area contributed by atoms with Crippen LogP contribution in [0.15, 0.2) is 0 Å². The van der Waals surface area contributed by atoms with Crippen LogP contribution >= 0.6 is 0 Å². The Labute approximate surface area is 122 Å². The summed E-state index contributed by atoms with van der Waals surface area (Å²) >= 11 is 0. The van der Waals surface area contributed by atoms with Gasteiger partial charge in [-0.05, 0) is 37.5 Å². The van der Waals surface area contributed by atoms with E-state index in [-0.39, 0.29) is 18.6 Å². The first kappa shape index (κ1) is 15.6. The van der Waals surface area contributed by atoms with E-state index >= 15 is 0 Å². The van der Waals surface area contributed by atoms with E-state index in [1.165, 1.54) is 38.5 Å². The minimum atomic E-state index is 0.0618. The van der Waals surface area contributed by atoms with E-state index in [1.807, 2.05) is 4.90 Å². The van der Waals surface area contributed by atoms with Crippen molar-refractivity contribution in [2.24, 2.45) is 11.8 Å². The fourth-order valence-corrected chi connectivity index (χ4v) is 3.57. The summed E-state index contributed by atoms with van der Waals surface area (Å²) in [6, 6.07) is 0.0618. The fraction of sp³-hybridized carbons (Fsp3) is 0.938. The summed E-state index contributed by atoms with van der Waals surface area (Å²) in [4.78, 5) is 13.9. The van der Waals surface area contributed by atoms with Gasteiger partial charge >= 0.3 is 6.03 Å². The zero-order valence-corrected chi connectivity index (χ0v) is 12.6. The summed E-state index contributed by atoms with van der Waals surface area (Å²) in [7, 11) is 0. The number of amides is 2. The molecule has 0 aromatic carbocycles. The van der Waals surface area contributed by atoms with Gasteiger partial charge in [0.15, 0.2) is 0 Å². The van der Waals surface area contributed by atoms with Crippen LogP contribution in [-0.2, 0) is 0 Å². The summed E-state index contributed by atoms with van der Waals surface area (Å²) < 4.78 is 0. The van der Waals surface area contributed by atoms with Gasteiger partial charge in [0.05, 0.1) is 0 Å². The van der Waals surface area contributed by atoms with E-state index < -0.39 is 0 Å². The van der Waals surface area contributed by atoms with Crippen molar-refractivity contribution >= 4 is 6.03 Å². The van der Waals surface area contributed by atoms with Crippen molar-refractivity contribution in [2.45, 2.75) is 57.8 Å². The first-order chi connectivity index (χ1) is 9.79. The molecule has 1 heterocycles. The Balaban J connectivity index is 1.57. The van der Waals surface area contributed by atoms with Crippen LogP contribution in [0.25, 0.3) is 0 Å². The molecule has 1 saturated carbocycles. The second-order valence-electron chi connectivity index (χ2n) is 6.52. The topological polar surface area (TPSA) is 52.6 Å². The molecule has 2 amide bonds. The predicted octanol–water partition coefficient (Wildman–Crippen LogP) is 2.76. The minimum Gasteiger partial charge on any atom is -0.396 e. The average Bonchev–Trinajstić information content (AvgIpc) is 2.52. The average molecular weight is 282 g/mol. The maximum Gasteiger partial charge on any atom is 0.317 e. The number of rotatable bonds is 5. The summed E-state index contributed by atoms with van der Waals surface area (Å²) in [5, 5.41) is 12.2. The molecular weight excluding hydrogens is 252 g/mol. The lowest BCUT2D eigenvalue weighted by Gasteiger charge is -2.32. The second-order valence-corrected chi connectivity index (χ2v) is 6.52. The lowest BCUT2D eigenvalue weighted by molar-refractivity contribution is 0.129. The number of carbonyl (C=O) groups excluding carboxylic acids is 1. The van der Waals surface area contributed by atoms with Crippen LogP contribution in [0.2, 0.25) is 0 Å². The van der Waals surface area contributed by atoms with Gasteiger partial charge in [-0.15, -0.1) is 0 Å². The molecule has 1 aliphatic carbocycles. The predicted molar refractivity (Wildman–Crippen MR) is 80.6 cm³/mol. The Morgan fingerprint density at radius 3 is 2.60 bits per heavy atom. The molecule has 2 rings (SSSR count). The van der Waals surface area contributed by atoms with Crippen molar-refractivity contribution in [3.63, 3.8) is 0 Å². The molecule has 2 N–H and O–H groups in total. The smallest absolute Gasteiger partial charge is 0.317 e. The molecule has 0 radical (unpaired) electrons. The van der Waals surface area contributed by atoms with Crippen molar-refractivity contribution < 1.29 is 9.90 Å². The summed E-state index contributed by atoms with van der Waals surface area (Å²) in [6.45, 7) is 2.55. The van der Waals surface area contributed by atoms with Gasteiger partial charge < -0.3 is 15.3 Å². The number of piperidine rings is 1. The van der Waals surface area contributed by atoms with Crippen LogP contribution in [0.3, 0.4) is 0 Å². The Bertz CT molecular complexity index is 290. The standard InChI is InChI=1S/C16H30N2O2/c19-13-15-9-5-11-18(12-15)16(20)17-10-4-8-14-6-2-1-3-7-14/h14-15,19H,1-13H2,(H,17,20). The van der Waals surface area contributed by atoms with Gasteiger partial charge in [0, 0.05) is 26.2 Å². The van der Waals surface area contributed by atoms with Crippen molar-refractivity contribution in [1.82, 2.24) is 10.2 Å². The number of urea groups is 1. The van der Waals surface area contributed by atoms with Crippen molar-refractivity contribution in [1.29, 1.82) is 0 Å². The number of nitrogens with zero attached hydrogens (tertiary/aromatic N) is 1. The van der Waals surface area contributed by atoms with Crippen molar-refractivity contribution in [2.75, 3.05) is 26.2 Å². The molecule has 4 heteroatoms. The molecule has 0 spiro atoms. The quantitative estimate of drug-likeness (QED) is 0.762. The Morgan fingerprint density at radius 2 is 1.85 bits per heavy atom. The lowest BCUT2D eigenvalue weighted by atomic mass is 9.86. The summed E-state index contributed by atoms with van der Waals surface area (Å²) in [5.41, 5.74) is 0. The number of aliphatic hydroxyl groups excluding tert-OH is 1. The molecule has 0 aromatic heterocycles. The Kier molecular flexibility index (Phi) is 6.64. The van der Waals surface area contributed by atoms with Crippen LogP contribution in [0, 0.1) is 11.8 Å². The number of nitrogens with one attached hydrogen (secondary N) is 1. The number of likely N-dealkylation sites (tertiary alicyclic amines) is 1. The van der Waals surface area contributed by atoms with E-state index in [4.69, 9.17) is 0 Å². The normalized spacial score (nSPS) is 24.6. The van der Waals surface area contributed by atoms with Gasteiger partial charge in [0.2, 0.25) is 0 Å². The van der Waals surface area contributed by atoms with Gasteiger partial charge in [0.1, 0.15) is 0 Å². The number of carbonyl (C=O) groups is 1. The van der Waals surface area contributed by atoms with Crippen LogP contribution < -0.4 is 5.32 Å². The second kappa shape index (κ2) is 8.50. The molecule has 1 unspecified atom stereocenters. The maximum atomic E-state index is 12.0. The molecule has 2 aliphatic rings. The third-order valence-electron chi connectivity index (χ3n) is 4.85. The number of hydrogen-bond acceptors (Lipinski definition) is 2. The Hall–Kier alpha value is -0.770. The number of hydrogen-bond donors (Lipinski definition) is 2. The molecule has 1 atom stereocenters. The van der Waals surface area contributed by atoms with Crippen molar-refractivity contribution in [3.05, 3.63) is 0 Å². The van der Waals surface area contributed by atoms with Crippen LogP contribution in [0.5, 0.6) is 0 Å². The largest absolute Gasteiger partial charge is 0.396 e. The zero-order valence-electron chi connectivity index (χ0n) is 12.6. The summed E-state index contributed by atoms with van der Waals surface area (Å²) in [5.74, 6) is 1.17. The molecule has 1 saturated heterocycles. The van der Waals surface area contributed by atoms with E-state index in [2.05, 4.69) is 5.32 Å². The highest BCUT2D eigenvalue weighted by molar-refractivity contribution is 5.74. The van der Waals surface area contributed by atoms with Gasteiger partial charge in [-0.1, -0.05) is 32.1 Å². The third kappa shape index (κ3) is 4.97. The van der Waals surface area contributed by atoms with E-state index in [1.54, 1.807) is 0 Å². The first-order valence-corrected chi connectivity index (χ1v) is 8.43. The molecule has 1 aliphatic heterocycles. The Morgan fingerprint density at radius 1 is 1.10 bits per heavy atom. The van der Waals surface area contributed by atoms with E-state index in [9.17, 15) is 9.90 Å². The zero-order chi connectivity index (χ0) is 14.2. The van der Waals surface area contributed by atoms with E-state index in [0.29, 0.717) is 6.54 Å². The van der Waals surface area contributed by atoms with E-state index in [0.717, 1.165) is 38.3 Å². The lowest BCUT2D eigenvalue weighted by Crippen LogP contribution is -2.46. The molecule has 116 valence electrons. The highest BCUT2D eigenvalue weighted by atomic mass is 16.3. The van der Waals surface area contributed by atoms with Crippen molar-refractivity contribution in [3.8, 4) is 0 Å². The molecule has 20 heavy (non-hydrogen) atoms. The highest BCUT2D eigenvalue weighted by Crippen LogP contribution is 2.27. The summed E-state index contributed by atoms with van der Waals surface area (Å²) in [6.07, 6.45) is 11.4.